The molecule has 1 atom stereocenters. The third-order valence-electron chi connectivity index (χ3n) is 7.06. The Morgan fingerprint density at radius 3 is 2.26 bits per heavy atom. The van der Waals surface area contributed by atoms with E-state index in [0.29, 0.717) is 27.8 Å². The van der Waals surface area contributed by atoms with Crippen molar-refractivity contribution >= 4 is 35.0 Å². The Morgan fingerprint density at radius 2 is 1.58 bits per heavy atom. The maximum Gasteiger partial charge on any atom is 0.261 e. The molecule has 5 nitrogen and oxygen atoms in total. The van der Waals surface area contributed by atoms with Crippen LogP contribution in [0.5, 0.6) is 5.75 Å². The molecule has 2 amide bonds. The molecule has 0 aromatic heterocycles. The smallest absolute Gasteiger partial charge is 0.261 e. The highest BCUT2D eigenvalue weighted by Crippen LogP contribution is 2.28. The minimum Gasteiger partial charge on any atom is -0.484 e. The highest BCUT2D eigenvalue weighted by Gasteiger charge is 2.33. The third-order valence-corrected chi connectivity index (χ3v) is 7.77. The topological polar surface area (TPSA) is 58.6 Å². The van der Waals surface area contributed by atoms with Gasteiger partial charge in [-0.1, -0.05) is 97.1 Å². The van der Waals surface area contributed by atoms with Crippen LogP contribution < -0.4 is 10.1 Å². The molecule has 38 heavy (non-hydrogen) atoms. The van der Waals surface area contributed by atoms with Gasteiger partial charge in [0.15, 0.2) is 6.61 Å². The molecule has 1 aliphatic rings. The van der Waals surface area contributed by atoms with Crippen molar-refractivity contribution < 1.29 is 14.3 Å². The molecule has 3 aromatic carbocycles. The van der Waals surface area contributed by atoms with Gasteiger partial charge in [-0.15, -0.1) is 0 Å². The lowest BCUT2D eigenvalue weighted by atomic mass is 9.94. The van der Waals surface area contributed by atoms with Crippen molar-refractivity contribution in [2.45, 2.75) is 64.1 Å². The first-order valence-electron chi connectivity index (χ1n) is 13.2. The average molecular weight is 554 g/mol. The summed E-state index contributed by atoms with van der Waals surface area (Å²) in [6, 6.07) is 21.9. The molecule has 200 valence electrons. The molecule has 0 radical (unpaired) electrons. The van der Waals surface area contributed by atoms with E-state index in [1.165, 1.54) is 6.42 Å². The SMILES string of the molecule is Cc1ccccc1OCC(=O)N(Cc1c(Cl)cccc1Cl)C(Cc1ccccc1)C(=O)NC1CCCCC1. The minimum atomic E-state index is -0.764. The number of carbonyl (C=O) groups is 2. The summed E-state index contributed by atoms with van der Waals surface area (Å²) in [5.74, 6) is 0.139. The minimum absolute atomic E-state index is 0.0874. The van der Waals surface area contributed by atoms with E-state index < -0.39 is 6.04 Å². The van der Waals surface area contributed by atoms with Crippen LogP contribution in [0.25, 0.3) is 0 Å². The number of nitrogens with one attached hydrogen (secondary N) is 1. The molecular formula is C31H34Cl2N2O3. The largest absolute Gasteiger partial charge is 0.484 e. The van der Waals surface area contributed by atoms with Crippen molar-refractivity contribution in [1.29, 1.82) is 0 Å². The first kappa shape index (κ1) is 28.0. The van der Waals surface area contributed by atoms with Gasteiger partial charge in [-0.05, 0) is 49.1 Å². The summed E-state index contributed by atoms with van der Waals surface area (Å²) in [6.07, 6.45) is 5.63. The monoisotopic (exact) mass is 552 g/mol. The van der Waals surface area contributed by atoms with E-state index in [1.54, 1.807) is 23.1 Å². The van der Waals surface area contributed by atoms with Gasteiger partial charge >= 0.3 is 0 Å². The second-order valence-electron chi connectivity index (χ2n) is 9.83. The van der Waals surface area contributed by atoms with E-state index in [9.17, 15) is 9.59 Å². The van der Waals surface area contributed by atoms with Gasteiger partial charge in [0.1, 0.15) is 11.8 Å². The standard InChI is InChI=1S/C31H34Cl2N2O3/c1-22-11-8-9-18-29(22)38-21-30(36)35(20-25-26(32)16-10-17-27(25)33)28(19-23-12-4-2-5-13-23)31(37)34-24-14-6-3-7-15-24/h2,4-5,8-13,16-18,24,28H,3,6-7,14-15,19-21H2,1H3,(H,34,37). The zero-order valence-corrected chi connectivity index (χ0v) is 23.2. The van der Waals surface area contributed by atoms with Gasteiger partial charge in [-0.2, -0.15) is 0 Å². The molecule has 7 heteroatoms. The summed E-state index contributed by atoms with van der Waals surface area (Å²) in [6.45, 7) is 1.80. The lowest BCUT2D eigenvalue weighted by Gasteiger charge is -2.33. The van der Waals surface area contributed by atoms with E-state index in [1.807, 2.05) is 61.5 Å². The molecule has 3 aromatic rings. The molecule has 1 N–H and O–H groups in total. The summed E-state index contributed by atoms with van der Waals surface area (Å²) in [5, 5.41) is 4.12. The van der Waals surface area contributed by atoms with Crippen LogP contribution >= 0.6 is 23.2 Å². The Labute approximate surface area is 235 Å². The highest BCUT2D eigenvalue weighted by atomic mass is 35.5. The van der Waals surface area contributed by atoms with E-state index in [-0.39, 0.29) is 31.0 Å². The zero-order valence-electron chi connectivity index (χ0n) is 21.7. The number of carbonyl (C=O) groups excluding carboxylic acids is 2. The van der Waals surface area contributed by atoms with Crippen molar-refractivity contribution in [3.8, 4) is 5.75 Å². The molecule has 1 saturated carbocycles. The lowest BCUT2D eigenvalue weighted by Crippen LogP contribution is -2.53. The summed E-state index contributed by atoms with van der Waals surface area (Å²) in [4.78, 5) is 29.2. The number of nitrogens with zero attached hydrogens (tertiary/aromatic N) is 1. The van der Waals surface area contributed by atoms with E-state index in [2.05, 4.69) is 5.32 Å². The Balaban J connectivity index is 1.65. The van der Waals surface area contributed by atoms with Crippen molar-refractivity contribution in [2.75, 3.05) is 6.61 Å². The molecule has 1 fully saturated rings. The molecule has 0 aliphatic heterocycles. The normalized spacial score (nSPS) is 14.5. The number of rotatable bonds is 10. The van der Waals surface area contributed by atoms with E-state index in [0.717, 1.165) is 36.8 Å². The van der Waals surface area contributed by atoms with Crippen molar-refractivity contribution in [3.63, 3.8) is 0 Å². The van der Waals surface area contributed by atoms with Crippen LogP contribution in [0.3, 0.4) is 0 Å². The predicted molar refractivity (Wildman–Crippen MR) is 153 cm³/mol. The fourth-order valence-electron chi connectivity index (χ4n) is 4.89. The molecule has 1 aliphatic carbocycles. The predicted octanol–water partition coefficient (Wildman–Crippen LogP) is 6.77. The number of halogens is 2. The Bertz CT molecular complexity index is 1210. The first-order chi connectivity index (χ1) is 18.4. The summed E-state index contributed by atoms with van der Waals surface area (Å²) >= 11 is 13.0. The van der Waals surface area contributed by atoms with Crippen LogP contribution in [0.2, 0.25) is 10.0 Å². The summed E-state index contributed by atoms with van der Waals surface area (Å²) in [7, 11) is 0. The number of ether oxygens (including phenoxy) is 1. The summed E-state index contributed by atoms with van der Waals surface area (Å²) in [5.41, 5.74) is 2.49. The number of hydrogen-bond acceptors (Lipinski definition) is 3. The van der Waals surface area contributed by atoms with Crippen LogP contribution in [-0.2, 0) is 22.6 Å². The molecular weight excluding hydrogens is 519 g/mol. The molecule has 0 heterocycles. The Kier molecular flexibility index (Phi) is 10.1. The van der Waals surface area contributed by atoms with Gasteiger partial charge in [0, 0.05) is 34.6 Å². The van der Waals surface area contributed by atoms with Crippen LogP contribution in [0.1, 0.15) is 48.8 Å². The Hall–Kier alpha value is -3.02. The second kappa shape index (κ2) is 13.7. The number of hydrogen-bond donors (Lipinski definition) is 1. The first-order valence-corrected chi connectivity index (χ1v) is 13.9. The number of benzene rings is 3. The second-order valence-corrected chi connectivity index (χ2v) is 10.6. The average Bonchev–Trinajstić information content (AvgIpc) is 2.92. The van der Waals surface area contributed by atoms with E-state index in [4.69, 9.17) is 27.9 Å². The van der Waals surface area contributed by atoms with Gasteiger partial charge in [-0.25, -0.2) is 0 Å². The van der Waals surface area contributed by atoms with Crippen LogP contribution in [-0.4, -0.2) is 35.4 Å². The van der Waals surface area contributed by atoms with Crippen LogP contribution in [0.4, 0.5) is 0 Å². The summed E-state index contributed by atoms with van der Waals surface area (Å²) < 4.78 is 5.92. The highest BCUT2D eigenvalue weighted by molar-refractivity contribution is 6.36. The molecule has 1 unspecified atom stereocenters. The number of amides is 2. The fraction of sp³-hybridized carbons (Fsp3) is 0.355. The van der Waals surface area contributed by atoms with Crippen molar-refractivity contribution in [3.05, 3.63) is 99.5 Å². The Morgan fingerprint density at radius 1 is 0.921 bits per heavy atom. The number of aryl methyl sites for hydroxylation is 1. The van der Waals surface area contributed by atoms with Gasteiger partial charge in [0.2, 0.25) is 5.91 Å². The molecule has 0 saturated heterocycles. The zero-order chi connectivity index (χ0) is 26.9. The molecule has 0 bridgehead atoms. The lowest BCUT2D eigenvalue weighted by molar-refractivity contribution is -0.143. The van der Waals surface area contributed by atoms with Crippen molar-refractivity contribution in [1.82, 2.24) is 10.2 Å². The third kappa shape index (κ3) is 7.52. The fourth-order valence-corrected chi connectivity index (χ4v) is 5.41. The van der Waals surface area contributed by atoms with E-state index >= 15 is 0 Å². The van der Waals surface area contributed by atoms with Gasteiger partial charge in [0.25, 0.3) is 5.91 Å². The van der Waals surface area contributed by atoms with Gasteiger partial charge in [-0.3, -0.25) is 9.59 Å². The quantitative estimate of drug-likeness (QED) is 0.302. The molecule has 4 rings (SSSR count). The maximum absolute atomic E-state index is 13.8. The van der Waals surface area contributed by atoms with Gasteiger partial charge in [0.05, 0.1) is 0 Å². The molecule has 0 spiro atoms. The maximum atomic E-state index is 13.8. The van der Waals surface area contributed by atoms with Gasteiger partial charge < -0.3 is 15.0 Å². The van der Waals surface area contributed by atoms with Crippen LogP contribution in [0.15, 0.2) is 72.8 Å². The van der Waals surface area contributed by atoms with Crippen LogP contribution in [0, 0.1) is 6.92 Å². The van der Waals surface area contributed by atoms with Crippen molar-refractivity contribution in [2.24, 2.45) is 0 Å². The number of para-hydroxylation sites is 1.